The van der Waals surface area contributed by atoms with E-state index in [2.05, 4.69) is 33.6 Å². The minimum Gasteiger partial charge on any atom is -0.493 e. The number of aromatic nitrogens is 1. The number of rotatable bonds is 7. The minimum atomic E-state index is -0.336. The van der Waals surface area contributed by atoms with Crippen molar-refractivity contribution in [3.63, 3.8) is 0 Å². The summed E-state index contributed by atoms with van der Waals surface area (Å²) in [6.07, 6.45) is 5.97. The minimum absolute atomic E-state index is 0.122. The third-order valence-electron chi connectivity index (χ3n) is 5.87. The summed E-state index contributed by atoms with van der Waals surface area (Å²) < 4.78 is 17.7. The molecule has 0 bridgehead atoms. The smallest absolute Gasteiger partial charge is 0.252 e. The van der Waals surface area contributed by atoms with Gasteiger partial charge in [-0.1, -0.05) is 6.08 Å². The first kappa shape index (κ1) is 23.2. The van der Waals surface area contributed by atoms with Crippen LogP contribution in [0.3, 0.4) is 0 Å². The molecule has 7 nitrogen and oxygen atoms in total. The molecule has 1 aromatic heterocycles. The van der Waals surface area contributed by atoms with Gasteiger partial charge in [-0.15, -0.1) is 0 Å². The molecule has 0 spiro atoms. The number of hydrogen-bond acceptors (Lipinski definition) is 5. The zero-order valence-electron chi connectivity index (χ0n) is 18.7. The van der Waals surface area contributed by atoms with Crippen LogP contribution in [0.5, 0.6) is 17.2 Å². The number of ether oxygens (including phenoxy) is 3. The van der Waals surface area contributed by atoms with E-state index in [-0.39, 0.29) is 24.2 Å². The molecule has 1 unspecified atom stereocenters. The summed E-state index contributed by atoms with van der Waals surface area (Å²) in [6.45, 7) is 0.391. The van der Waals surface area contributed by atoms with Crippen LogP contribution in [-0.2, 0) is 9.59 Å². The van der Waals surface area contributed by atoms with E-state index in [4.69, 9.17) is 14.2 Å². The molecule has 1 N–H and O–H groups in total. The first-order chi connectivity index (χ1) is 16.0. The van der Waals surface area contributed by atoms with Crippen LogP contribution in [0.15, 0.2) is 48.7 Å². The molecule has 2 amide bonds. The Morgan fingerprint density at radius 1 is 1.12 bits per heavy atom. The molecule has 8 heteroatoms. The maximum absolute atomic E-state index is 13.3. The van der Waals surface area contributed by atoms with E-state index in [0.29, 0.717) is 30.2 Å². The van der Waals surface area contributed by atoms with E-state index in [1.54, 1.807) is 27.4 Å². The molecule has 0 aliphatic carbocycles. The predicted molar refractivity (Wildman–Crippen MR) is 134 cm³/mol. The highest BCUT2D eigenvalue weighted by Gasteiger charge is 2.29. The molecule has 1 aliphatic heterocycles. The second-order valence-corrected chi connectivity index (χ2v) is 8.97. The average Bonchev–Trinajstić information content (AvgIpc) is 3.24. The van der Waals surface area contributed by atoms with Crippen molar-refractivity contribution in [1.82, 2.24) is 9.88 Å². The third kappa shape index (κ3) is 4.57. The first-order valence-corrected chi connectivity index (χ1v) is 11.6. The van der Waals surface area contributed by atoms with E-state index < -0.39 is 0 Å². The molecule has 1 aliphatic rings. The highest BCUT2D eigenvalue weighted by molar-refractivity contribution is 14.1. The Labute approximate surface area is 205 Å². The molecule has 0 saturated carbocycles. The van der Waals surface area contributed by atoms with Gasteiger partial charge in [-0.05, 0) is 76.5 Å². The van der Waals surface area contributed by atoms with Crippen molar-refractivity contribution in [3.8, 4) is 17.2 Å². The number of nitrogens with one attached hydrogen (secondary N) is 1. The Morgan fingerprint density at radius 3 is 2.48 bits per heavy atom. The third-order valence-corrected chi connectivity index (χ3v) is 6.54. The maximum atomic E-state index is 13.3. The summed E-state index contributed by atoms with van der Waals surface area (Å²) in [6, 6.07) is 9.87. The molecule has 1 atom stereocenters. The summed E-state index contributed by atoms with van der Waals surface area (Å²) >= 11 is 2.28. The molecule has 0 radical (unpaired) electrons. The number of hydrogen-bond donors (Lipinski definition) is 1. The number of carbonyl (C=O) groups excluding carboxylic acids is 2. The number of fused-ring (bicyclic) bond motifs is 1. The number of nitrogens with zero attached hydrogens (tertiary/aromatic N) is 1. The van der Waals surface area contributed by atoms with E-state index in [1.807, 2.05) is 30.5 Å². The number of methoxy groups -OCH3 is 3. The number of halogens is 1. The van der Waals surface area contributed by atoms with Gasteiger partial charge in [-0.2, -0.15) is 0 Å². The molecule has 172 valence electrons. The van der Waals surface area contributed by atoms with Gasteiger partial charge in [-0.25, -0.2) is 0 Å². The van der Waals surface area contributed by atoms with Crippen LogP contribution in [0, 0.1) is 3.57 Å². The summed E-state index contributed by atoms with van der Waals surface area (Å²) in [5, 5.41) is 1.03. The number of benzene rings is 2. The Hall–Kier alpha value is -3.01. The lowest BCUT2D eigenvalue weighted by molar-refractivity contribution is -0.142. The van der Waals surface area contributed by atoms with Gasteiger partial charge in [0.25, 0.3) is 5.91 Å². The summed E-state index contributed by atoms with van der Waals surface area (Å²) in [7, 11) is 4.68. The van der Waals surface area contributed by atoms with Crippen LogP contribution < -0.4 is 14.2 Å². The summed E-state index contributed by atoms with van der Waals surface area (Å²) in [4.78, 5) is 30.3. The fraction of sp³-hybridized carbons (Fsp3) is 0.280. The Kier molecular flexibility index (Phi) is 6.92. The van der Waals surface area contributed by atoms with Crippen molar-refractivity contribution in [2.45, 2.75) is 18.8 Å². The van der Waals surface area contributed by atoms with Gasteiger partial charge in [0.1, 0.15) is 0 Å². The second kappa shape index (κ2) is 9.86. The molecular weight excluding hydrogens is 535 g/mol. The van der Waals surface area contributed by atoms with Crippen molar-refractivity contribution in [2.75, 3.05) is 27.9 Å². The molecule has 2 heterocycles. The maximum Gasteiger partial charge on any atom is 0.252 e. The van der Waals surface area contributed by atoms with E-state index in [9.17, 15) is 9.59 Å². The summed E-state index contributed by atoms with van der Waals surface area (Å²) in [5.74, 6) is 0.674. The Morgan fingerprint density at radius 2 is 1.85 bits per heavy atom. The van der Waals surface area contributed by atoms with Crippen molar-refractivity contribution >= 4 is 45.3 Å². The predicted octanol–water partition coefficient (Wildman–Crippen LogP) is 4.64. The highest BCUT2D eigenvalue weighted by atomic mass is 127. The van der Waals surface area contributed by atoms with Crippen LogP contribution in [0.4, 0.5) is 0 Å². The number of amides is 2. The largest absolute Gasteiger partial charge is 0.493 e. The quantitative estimate of drug-likeness (QED) is 0.427. The zero-order chi connectivity index (χ0) is 23.5. The zero-order valence-corrected chi connectivity index (χ0v) is 20.8. The summed E-state index contributed by atoms with van der Waals surface area (Å²) in [5.41, 5.74) is 2.77. The van der Waals surface area contributed by atoms with E-state index in [0.717, 1.165) is 25.6 Å². The standard InChI is InChI=1S/C25H25IN2O5/c1-31-21-10-15(11-22(32-2)25(21)33-3)17(13-24(30)28-9-5-4-6-23(28)29)19-14-27-20-8-7-16(26)12-18(19)20/h4,6-8,10-12,14,17,27H,5,9,13H2,1-3H3. The molecule has 4 rings (SSSR count). The van der Waals surface area contributed by atoms with Crippen molar-refractivity contribution in [1.29, 1.82) is 0 Å². The van der Waals surface area contributed by atoms with Gasteiger partial charge in [0.15, 0.2) is 11.5 Å². The van der Waals surface area contributed by atoms with Crippen molar-refractivity contribution < 1.29 is 23.8 Å². The van der Waals surface area contributed by atoms with Gasteiger partial charge in [0.05, 0.1) is 21.3 Å². The highest BCUT2D eigenvalue weighted by Crippen LogP contribution is 2.43. The fourth-order valence-corrected chi connectivity index (χ4v) is 4.72. The van der Waals surface area contributed by atoms with Gasteiger partial charge in [0, 0.05) is 39.6 Å². The van der Waals surface area contributed by atoms with Gasteiger partial charge in [0.2, 0.25) is 11.7 Å². The topological polar surface area (TPSA) is 80.9 Å². The van der Waals surface area contributed by atoms with Gasteiger partial charge in [-0.3, -0.25) is 14.5 Å². The van der Waals surface area contributed by atoms with E-state index in [1.165, 1.54) is 11.0 Å². The molecular formula is C25H25IN2O5. The average molecular weight is 560 g/mol. The normalized spacial score (nSPS) is 14.4. The molecule has 0 saturated heterocycles. The first-order valence-electron chi connectivity index (χ1n) is 10.5. The van der Waals surface area contributed by atoms with Crippen LogP contribution >= 0.6 is 22.6 Å². The lowest BCUT2D eigenvalue weighted by Crippen LogP contribution is -2.38. The molecule has 0 fully saturated rings. The lowest BCUT2D eigenvalue weighted by atomic mass is 9.87. The second-order valence-electron chi connectivity index (χ2n) is 7.72. The molecule has 33 heavy (non-hydrogen) atoms. The van der Waals surface area contributed by atoms with Crippen molar-refractivity contribution in [3.05, 3.63) is 63.4 Å². The Bertz CT molecular complexity index is 1210. The number of carbonyl (C=O) groups is 2. The Balaban J connectivity index is 1.84. The number of H-pyrrole nitrogens is 1. The number of imide groups is 1. The fourth-order valence-electron chi connectivity index (χ4n) is 4.23. The van der Waals surface area contributed by atoms with Crippen LogP contribution in [0.1, 0.15) is 29.9 Å². The van der Waals surface area contributed by atoms with Crippen molar-refractivity contribution in [2.24, 2.45) is 0 Å². The van der Waals surface area contributed by atoms with E-state index >= 15 is 0 Å². The lowest BCUT2D eigenvalue weighted by Gasteiger charge is -2.25. The monoisotopic (exact) mass is 560 g/mol. The molecule has 2 aromatic carbocycles. The molecule has 3 aromatic rings. The van der Waals surface area contributed by atoms with Crippen LogP contribution in [0.25, 0.3) is 10.9 Å². The van der Waals surface area contributed by atoms with Crippen LogP contribution in [-0.4, -0.2) is 49.6 Å². The van der Waals surface area contributed by atoms with Gasteiger partial charge < -0.3 is 19.2 Å². The SMILES string of the molecule is COc1cc(C(CC(=O)N2CCC=CC2=O)c2c[nH]c3ccc(I)cc23)cc(OC)c1OC. The van der Waals surface area contributed by atoms with Crippen LogP contribution in [0.2, 0.25) is 0 Å². The van der Waals surface area contributed by atoms with Gasteiger partial charge >= 0.3 is 0 Å². The number of aromatic amines is 1.